The van der Waals surface area contributed by atoms with Crippen LogP contribution >= 0.6 is 15.9 Å². The summed E-state index contributed by atoms with van der Waals surface area (Å²) in [6.07, 6.45) is 2.89. The van der Waals surface area contributed by atoms with E-state index in [1.807, 2.05) is 57.2 Å². The standard InChI is InChI=1S/C32H41BrN6O5/c1-32(2,3)44-31(42)34-18-20-8-10-23(11-9-20)29(40)36-26(17-21-6-5-7-24(33)16-21)30(41)35-25-14-12-22(13-15-25)28-37-27(19-43-4)38-39-28/h5-7,12-16,20,23,26H,8-11,17-19H2,1-4H3,(H,34,42)(H,35,41)(H,36,40)(H,37,38,39). The third-order valence-electron chi connectivity index (χ3n) is 7.34. The largest absolute Gasteiger partial charge is 0.444 e. The molecular weight excluding hydrogens is 628 g/mol. The van der Waals surface area contributed by atoms with E-state index in [4.69, 9.17) is 9.47 Å². The molecule has 1 aromatic heterocycles. The first-order valence-corrected chi connectivity index (χ1v) is 15.6. The maximum absolute atomic E-state index is 13.5. The van der Waals surface area contributed by atoms with Crippen LogP contribution in [0.5, 0.6) is 0 Å². The van der Waals surface area contributed by atoms with E-state index >= 15 is 0 Å². The predicted molar refractivity (Wildman–Crippen MR) is 171 cm³/mol. The van der Waals surface area contributed by atoms with Crippen LogP contribution in [0.25, 0.3) is 11.4 Å². The fourth-order valence-electron chi connectivity index (χ4n) is 5.13. The molecular formula is C32H41BrN6O5. The van der Waals surface area contributed by atoms with Crippen molar-refractivity contribution in [3.05, 3.63) is 64.4 Å². The molecule has 12 heteroatoms. The van der Waals surface area contributed by atoms with Gasteiger partial charge in [0.2, 0.25) is 11.8 Å². The number of benzene rings is 2. The molecule has 0 radical (unpaired) electrons. The number of carbonyl (C=O) groups excluding carboxylic acids is 3. The summed E-state index contributed by atoms with van der Waals surface area (Å²) in [6, 6.07) is 14.1. The molecule has 0 aliphatic heterocycles. The third kappa shape index (κ3) is 10.2. The van der Waals surface area contributed by atoms with Crippen molar-refractivity contribution in [1.82, 2.24) is 25.8 Å². The topological polar surface area (TPSA) is 147 Å². The number of H-pyrrole nitrogens is 1. The molecule has 4 rings (SSSR count). The van der Waals surface area contributed by atoms with Crippen LogP contribution in [0.2, 0.25) is 0 Å². The lowest BCUT2D eigenvalue weighted by Crippen LogP contribution is -2.48. The van der Waals surface area contributed by atoms with E-state index < -0.39 is 17.7 Å². The SMILES string of the molecule is COCc1nc(-c2ccc(NC(=O)C(Cc3cccc(Br)c3)NC(=O)C3CCC(CNC(=O)OC(C)(C)C)CC3)cc2)n[nH]1. The third-order valence-corrected chi connectivity index (χ3v) is 7.83. The average molecular weight is 670 g/mol. The zero-order valence-electron chi connectivity index (χ0n) is 25.6. The Labute approximate surface area is 266 Å². The van der Waals surface area contributed by atoms with Crippen LogP contribution in [-0.2, 0) is 32.1 Å². The van der Waals surface area contributed by atoms with Crippen LogP contribution in [0.15, 0.2) is 53.0 Å². The summed E-state index contributed by atoms with van der Waals surface area (Å²) in [5, 5.41) is 15.9. The quantitative estimate of drug-likeness (QED) is 0.215. The van der Waals surface area contributed by atoms with Gasteiger partial charge in [-0.25, -0.2) is 9.78 Å². The Hall–Kier alpha value is -3.77. The molecule has 1 unspecified atom stereocenters. The first-order chi connectivity index (χ1) is 21.0. The summed E-state index contributed by atoms with van der Waals surface area (Å²) in [6.45, 7) is 6.33. The van der Waals surface area contributed by atoms with Crippen LogP contribution in [0.1, 0.15) is 57.8 Å². The highest BCUT2D eigenvalue weighted by atomic mass is 79.9. The average Bonchev–Trinajstić information content (AvgIpc) is 3.44. The molecule has 1 aliphatic carbocycles. The fraction of sp³-hybridized carbons (Fsp3) is 0.469. The van der Waals surface area contributed by atoms with Gasteiger partial charge >= 0.3 is 6.09 Å². The molecule has 236 valence electrons. The van der Waals surface area contributed by atoms with Crippen molar-refractivity contribution >= 4 is 39.5 Å². The summed E-state index contributed by atoms with van der Waals surface area (Å²) in [5.41, 5.74) is 1.76. The van der Waals surface area contributed by atoms with Gasteiger partial charge in [-0.3, -0.25) is 14.7 Å². The van der Waals surface area contributed by atoms with Gasteiger partial charge in [0, 0.05) is 41.7 Å². The molecule has 44 heavy (non-hydrogen) atoms. The van der Waals surface area contributed by atoms with Gasteiger partial charge in [0.25, 0.3) is 0 Å². The van der Waals surface area contributed by atoms with Gasteiger partial charge in [0.15, 0.2) is 11.6 Å². The van der Waals surface area contributed by atoms with Crippen LogP contribution < -0.4 is 16.0 Å². The maximum Gasteiger partial charge on any atom is 0.407 e. The van der Waals surface area contributed by atoms with E-state index in [0.29, 0.717) is 49.8 Å². The zero-order chi connectivity index (χ0) is 31.7. The number of hydrogen-bond acceptors (Lipinski definition) is 7. The Morgan fingerprint density at radius 1 is 1.07 bits per heavy atom. The van der Waals surface area contributed by atoms with Crippen LogP contribution in [0.3, 0.4) is 0 Å². The van der Waals surface area contributed by atoms with Crippen molar-refractivity contribution in [3.8, 4) is 11.4 Å². The number of nitrogens with zero attached hydrogens (tertiary/aromatic N) is 2. The number of alkyl carbamates (subject to hydrolysis) is 1. The molecule has 1 fully saturated rings. The molecule has 0 saturated heterocycles. The van der Waals surface area contributed by atoms with E-state index in [0.717, 1.165) is 28.4 Å². The molecule has 1 heterocycles. The summed E-state index contributed by atoms with van der Waals surface area (Å²) < 4.78 is 11.3. The summed E-state index contributed by atoms with van der Waals surface area (Å²) in [5.74, 6) is 0.793. The maximum atomic E-state index is 13.5. The lowest BCUT2D eigenvalue weighted by atomic mass is 9.81. The Balaban J connectivity index is 1.36. The van der Waals surface area contributed by atoms with Gasteiger partial charge in [-0.1, -0.05) is 28.1 Å². The van der Waals surface area contributed by atoms with E-state index in [1.54, 1.807) is 19.2 Å². The van der Waals surface area contributed by atoms with Gasteiger partial charge in [-0.05, 0) is 94.3 Å². The number of methoxy groups -OCH3 is 1. The fourth-order valence-corrected chi connectivity index (χ4v) is 5.57. The number of anilines is 1. The second-order valence-corrected chi connectivity index (χ2v) is 13.0. The van der Waals surface area contributed by atoms with Crippen molar-refractivity contribution in [3.63, 3.8) is 0 Å². The van der Waals surface area contributed by atoms with Crippen LogP contribution in [0, 0.1) is 11.8 Å². The van der Waals surface area contributed by atoms with E-state index in [2.05, 4.69) is 47.1 Å². The number of hydrogen-bond donors (Lipinski definition) is 4. The van der Waals surface area contributed by atoms with Crippen molar-refractivity contribution in [1.29, 1.82) is 0 Å². The second kappa shape index (κ2) is 15.3. The molecule has 2 aromatic carbocycles. The molecule has 3 aromatic rings. The molecule has 0 bridgehead atoms. The molecule has 1 aliphatic rings. The van der Waals surface area contributed by atoms with Crippen LogP contribution in [0.4, 0.5) is 10.5 Å². The van der Waals surface area contributed by atoms with Gasteiger partial charge in [0.1, 0.15) is 18.2 Å². The normalized spacial score (nSPS) is 17.4. The number of carbonyl (C=O) groups is 3. The Morgan fingerprint density at radius 3 is 2.45 bits per heavy atom. The minimum Gasteiger partial charge on any atom is -0.444 e. The molecule has 1 saturated carbocycles. The number of rotatable bonds is 11. The minimum atomic E-state index is -0.771. The van der Waals surface area contributed by atoms with Gasteiger partial charge in [-0.2, -0.15) is 5.10 Å². The molecule has 0 spiro atoms. The van der Waals surface area contributed by atoms with Crippen molar-refractivity contribution < 1.29 is 23.9 Å². The zero-order valence-corrected chi connectivity index (χ0v) is 27.2. The lowest BCUT2D eigenvalue weighted by molar-refractivity contribution is -0.130. The molecule has 4 N–H and O–H groups in total. The highest BCUT2D eigenvalue weighted by Gasteiger charge is 2.30. The van der Waals surface area contributed by atoms with Gasteiger partial charge in [-0.15, -0.1) is 0 Å². The second-order valence-electron chi connectivity index (χ2n) is 12.1. The van der Waals surface area contributed by atoms with E-state index in [-0.39, 0.29) is 23.7 Å². The summed E-state index contributed by atoms with van der Waals surface area (Å²) >= 11 is 3.49. The highest BCUT2D eigenvalue weighted by molar-refractivity contribution is 9.10. The first kappa shape index (κ1) is 33.1. The van der Waals surface area contributed by atoms with Crippen molar-refractivity contribution in [2.24, 2.45) is 11.8 Å². The Kier molecular flexibility index (Phi) is 11.5. The molecule has 11 nitrogen and oxygen atoms in total. The number of aromatic amines is 1. The van der Waals surface area contributed by atoms with E-state index in [1.165, 1.54) is 0 Å². The van der Waals surface area contributed by atoms with Crippen molar-refractivity contribution in [2.45, 2.75) is 71.1 Å². The molecule has 3 amide bonds. The molecule has 1 atom stereocenters. The Morgan fingerprint density at radius 2 is 1.80 bits per heavy atom. The Bertz CT molecular complexity index is 1410. The minimum absolute atomic E-state index is 0.134. The smallest absolute Gasteiger partial charge is 0.407 e. The summed E-state index contributed by atoms with van der Waals surface area (Å²) in [7, 11) is 1.59. The number of halogens is 1. The monoisotopic (exact) mass is 668 g/mol. The predicted octanol–water partition coefficient (Wildman–Crippen LogP) is 5.38. The summed E-state index contributed by atoms with van der Waals surface area (Å²) in [4.78, 5) is 43.3. The van der Waals surface area contributed by atoms with Crippen molar-refractivity contribution in [2.75, 3.05) is 19.0 Å². The van der Waals surface area contributed by atoms with Gasteiger partial charge < -0.3 is 25.4 Å². The number of nitrogens with one attached hydrogen (secondary N) is 4. The number of ether oxygens (including phenoxy) is 2. The first-order valence-electron chi connectivity index (χ1n) is 14.8. The highest BCUT2D eigenvalue weighted by Crippen LogP contribution is 2.29. The lowest BCUT2D eigenvalue weighted by Gasteiger charge is -2.29. The van der Waals surface area contributed by atoms with Crippen LogP contribution in [-0.4, -0.2) is 58.4 Å². The van der Waals surface area contributed by atoms with E-state index in [9.17, 15) is 14.4 Å². The van der Waals surface area contributed by atoms with Gasteiger partial charge in [0.05, 0.1) is 0 Å². The number of amides is 3. The number of aromatic nitrogens is 3.